The monoisotopic (exact) mass is 261 g/mol. The Kier molecular flexibility index (Phi) is 4.14. The molecule has 4 nitrogen and oxygen atoms in total. The average Bonchev–Trinajstić information content (AvgIpc) is 2.37. The molecule has 0 spiro atoms. The molecule has 0 radical (unpaired) electrons. The van der Waals surface area contributed by atoms with Gasteiger partial charge in [0.1, 0.15) is 18.2 Å². The first-order chi connectivity index (χ1) is 9.06. The van der Waals surface area contributed by atoms with Gasteiger partial charge in [0.15, 0.2) is 0 Å². The van der Waals surface area contributed by atoms with Gasteiger partial charge in [-0.05, 0) is 19.1 Å². The van der Waals surface area contributed by atoms with Gasteiger partial charge in [0.2, 0.25) is 0 Å². The summed E-state index contributed by atoms with van der Waals surface area (Å²) in [6, 6.07) is 6.39. The Hall–Kier alpha value is -1.92. The predicted molar refractivity (Wildman–Crippen MR) is 69.5 cm³/mol. The molecule has 0 saturated carbocycles. The van der Waals surface area contributed by atoms with Gasteiger partial charge in [-0.1, -0.05) is 17.7 Å². The summed E-state index contributed by atoms with van der Waals surface area (Å²) in [5.74, 6) is -0.0858. The summed E-state index contributed by atoms with van der Waals surface area (Å²) in [7, 11) is -1.61. The predicted octanol–water partition coefficient (Wildman–Crippen LogP) is 0.788. The van der Waals surface area contributed by atoms with E-state index in [2.05, 4.69) is 4.98 Å². The van der Waals surface area contributed by atoms with E-state index in [4.69, 9.17) is 4.74 Å². The van der Waals surface area contributed by atoms with Crippen LogP contribution in [0.2, 0.25) is 0 Å². The first-order valence-electron chi connectivity index (χ1n) is 5.75. The third-order valence-electron chi connectivity index (χ3n) is 2.60. The fraction of sp³-hybridized carbons (Fsp3) is 0.154. The lowest BCUT2D eigenvalue weighted by atomic mass is 9.79. The summed E-state index contributed by atoms with van der Waals surface area (Å²) in [5.41, 5.74) is 1.74. The number of hydrogen-bond acceptors (Lipinski definition) is 4. The highest BCUT2D eigenvalue weighted by atomic mass is 19.1. The molecule has 1 aromatic carbocycles. The summed E-state index contributed by atoms with van der Waals surface area (Å²) < 4.78 is 18.4. The molecule has 98 valence electrons. The van der Waals surface area contributed by atoms with Gasteiger partial charge in [-0.2, -0.15) is 0 Å². The zero-order chi connectivity index (χ0) is 13.8. The summed E-state index contributed by atoms with van der Waals surface area (Å²) in [6.45, 7) is 1.94. The second kappa shape index (κ2) is 5.82. The summed E-state index contributed by atoms with van der Waals surface area (Å²) in [5, 5.41) is 18.5. The molecule has 2 N–H and O–H groups in total. The van der Waals surface area contributed by atoms with E-state index in [0.717, 1.165) is 11.8 Å². The standard InChI is InChI=1S/C13H13BFNO3/c1-9-2-3-13(12(4-9)14(17)18)19-8-10-5-11(15)7-16-6-10/h2-7,17-18H,8H2,1H3. The largest absolute Gasteiger partial charge is 0.492 e. The van der Waals surface area contributed by atoms with Crippen molar-refractivity contribution in [1.29, 1.82) is 0 Å². The van der Waals surface area contributed by atoms with Crippen molar-refractivity contribution in [3.63, 3.8) is 0 Å². The van der Waals surface area contributed by atoms with Crippen LogP contribution in [0.4, 0.5) is 4.39 Å². The van der Waals surface area contributed by atoms with Gasteiger partial charge in [-0.25, -0.2) is 4.39 Å². The van der Waals surface area contributed by atoms with E-state index in [-0.39, 0.29) is 12.1 Å². The molecular formula is C13H13BFNO3. The van der Waals surface area contributed by atoms with Crippen LogP contribution in [0, 0.1) is 12.7 Å². The normalized spacial score (nSPS) is 10.3. The zero-order valence-electron chi connectivity index (χ0n) is 10.4. The Morgan fingerprint density at radius 2 is 2.05 bits per heavy atom. The van der Waals surface area contributed by atoms with Crippen molar-refractivity contribution < 1.29 is 19.2 Å². The topological polar surface area (TPSA) is 62.6 Å². The molecule has 0 bridgehead atoms. The highest BCUT2D eigenvalue weighted by Gasteiger charge is 2.17. The SMILES string of the molecule is Cc1ccc(OCc2cncc(F)c2)c(B(O)O)c1. The minimum atomic E-state index is -1.61. The molecule has 0 aliphatic rings. The van der Waals surface area contributed by atoms with Gasteiger partial charge in [-0.15, -0.1) is 0 Å². The lowest BCUT2D eigenvalue weighted by Crippen LogP contribution is -2.31. The zero-order valence-corrected chi connectivity index (χ0v) is 10.4. The van der Waals surface area contributed by atoms with E-state index in [1.54, 1.807) is 18.2 Å². The van der Waals surface area contributed by atoms with Crippen LogP contribution < -0.4 is 10.2 Å². The van der Waals surface area contributed by atoms with E-state index in [0.29, 0.717) is 11.3 Å². The highest BCUT2D eigenvalue weighted by molar-refractivity contribution is 6.59. The van der Waals surface area contributed by atoms with Crippen LogP contribution in [-0.4, -0.2) is 22.2 Å². The van der Waals surface area contributed by atoms with Crippen LogP contribution in [-0.2, 0) is 6.61 Å². The van der Waals surface area contributed by atoms with Crippen molar-refractivity contribution in [2.75, 3.05) is 0 Å². The fourth-order valence-corrected chi connectivity index (χ4v) is 1.70. The van der Waals surface area contributed by atoms with E-state index < -0.39 is 12.9 Å². The molecule has 2 rings (SSSR count). The molecule has 0 fully saturated rings. The van der Waals surface area contributed by atoms with E-state index in [1.165, 1.54) is 12.3 Å². The fourth-order valence-electron chi connectivity index (χ4n) is 1.70. The van der Waals surface area contributed by atoms with Crippen LogP contribution >= 0.6 is 0 Å². The van der Waals surface area contributed by atoms with E-state index in [1.807, 2.05) is 6.92 Å². The lowest BCUT2D eigenvalue weighted by Gasteiger charge is -2.11. The van der Waals surface area contributed by atoms with Gasteiger partial charge < -0.3 is 14.8 Å². The van der Waals surface area contributed by atoms with E-state index in [9.17, 15) is 14.4 Å². The van der Waals surface area contributed by atoms with Crippen LogP contribution in [0.5, 0.6) is 5.75 Å². The third kappa shape index (κ3) is 3.53. The van der Waals surface area contributed by atoms with Crippen LogP contribution in [0.25, 0.3) is 0 Å². The molecule has 19 heavy (non-hydrogen) atoms. The number of rotatable bonds is 4. The quantitative estimate of drug-likeness (QED) is 0.798. The molecule has 1 aromatic heterocycles. The second-order valence-electron chi connectivity index (χ2n) is 4.22. The molecular weight excluding hydrogens is 248 g/mol. The molecule has 0 unspecified atom stereocenters. The maximum Gasteiger partial charge on any atom is 0.492 e. The number of halogens is 1. The van der Waals surface area contributed by atoms with Crippen molar-refractivity contribution in [2.24, 2.45) is 0 Å². The average molecular weight is 261 g/mol. The molecule has 6 heteroatoms. The van der Waals surface area contributed by atoms with Crippen molar-refractivity contribution in [1.82, 2.24) is 4.98 Å². The third-order valence-corrected chi connectivity index (χ3v) is 2.60. The number of nitrogens with zero attached hydrogens (tertiary/aromatic N) is 1. The van der Waals surface area contributed by atoms with Crippen LogP contribution in [0.1, 0.15) is 11.1 Å². The Balaban J connectivity index is 2.15. The molecule has 0 saturated heterocycles. The second-order valence-corrected chi connectivity index (χ2v) is 4.22. The number of pyridine rings is 1. The maximum atomic E-state index is 13.0. The number of hydrogen-bond donors (Lipinski definition) is 2. The summed E-state index contributed by atoms with van der Waals surface area (Å²) in [6.07, 6.45) is 2.60. The number of aryl methyl sites for hydroxylation is 1. The number of aromatic nitrogens is 1. The Morgan fingerprint density at radius 1 is 1.26 bits per heavy atom. The van der Waals surface area contributed by atoms with Crippen molar-refractivity contribution in [3.05, 3.63) is 53.6 Å². The summed E-state index contributed by atoms with van der Waals surface area (Å²) >= 11 is 0. The Bertz CT molecular complexity index is 578. The molecule has 1 heterocycles. The van der Waals surface area contributed by atoms with Crippen molar-refractivity contribution in [3.8, 4) is 5.75 Å². The van der Waals surface area contributed by atoms with Gasteiger partial charge in [0, 0.05) is 17.2 Å². The number of benzene rings is 1. The van der Waals surface area contributed by atoms with Crippen molar-refractivity contribution >= 4 is 12.6 Å². The minimum Gasteiger partial charge on any atom is -0.489 e. The van der Waals surface area contributed by atoms with Gasteiger partial charge in [0.05, 0.1) is 6.20 Å². The van der Waals surface area contributed by atoms with Gasteiger partial charge >= 0.3 is 7.12 Å². The van der Waals surface area contributed by atoms with Gasteiger partial charge in [0.25, 0.3) is 0 Å². The Labute approximate surface area is 110 Å². The molecule has 0 aliphatic carbocycles. The minimum absolute atomic E-state index is 0.105. The molecule has 2 aromatic rings. The first kappa shape index (κ1) is 13.5. The van der Waals surface area contributed by atoms with Gasteiger partial charge in [-0.3, -0.25) is 4.98 Å². The smallest absolute Gasteiger partial charge is 0.489 e. The maximum absolute atomic E-state index is 13.0. The number of ether oxygens (including phenoxy) is 1. The lowest BCUT2D eigenvalue weighted by molar-refractivity contribution is 0.305. The Morgan fingerprint density at radius 3 is 2.74 bits per heavy atom. The summed E-state index contributed by atoms with van der Waals surface area (Å²) in [4.78, 5) is 3.71. The first-order valence-corrected chi connectivity index (χ1v) is 5.75. The van der Waals surface area contributed by atoms with E-state index >= 15 is 0 Å². The molecule has 0 aliphatic heterocycles. The van der Waals surface area contributed by atoms with Crippen LogP contribution in [0.3, 0.4) is 0 Å². The molecule has 0 amide bonds. The highest BCUT2D eigenvalue weighted by Crippen LogP contribution is 2.12. The van der Waals surface area contributed by atoms with Crippen LogP contribution in [0.15, 0.2) is 36.7 Å². The molecule has 0 atom stereocenters. The van der Waals surface area contributed by atoms with Crippen molar-refractivity contribution in [2.45, 2.75) is 13.5 Å².